The molecule has 0 unspecified atom stereocenters. The third kappa shape index (κ3) is 24.7. The van der Waals surface area contributed by atoms with E-state index in [0.717, 1.165) is 12.8 Å². The molecule has 0 amide bonds. The second-order valence-corrected chi connectivity index (χ2v) is 6.90. The van der Waals surface area contributed by atoms with E-state index in [2.05, 4.69) is 38.2 Å². The van der Waals surface area contributed by atoms with Crippen molar-refractivity contribution in [2.24, 2.45) is 0 Å². The zero-order chi connectivity index (χ0) is 16.8. The molecule has 0 aromatic heterocycles. The molecule has 0 atom stereocenters. The molecule has 24 heavy (non-hydrogen) atoms. The van der Waals surface area contributed by atoms with E-state index >= 15 is 0 Å². The van der Waals surface area contributed by atoms with Gasteiger partial charge in [0.05, 0.1) is 0 Å². The van der Waals surface area contributed by atoms with E-state index in [0.29, 0.717) is 0 Å². The molecular formula is C23H43Na. The molecular weight excluding hydrogens is 299 g/mol. The summed E-state index contributed by atoms with van der Waals surface area (Å²) in [7, 11) is 0. The van der Waals surface area contributed by atoms with Crippen LogP contribution in [0, 0.1) is 6.92 Å². The summed E-state index contributed by atoms with van der Waals surface area (Å²) >= 11 is 0. The Hall–Kier alpha value is 0.480. The quantitative estimate of drug-likeness (QED) is 0.207. The average Bonchev–Trinajstić information content (AvgIpc) is 3.15. The standard InChI is InChI=1S/C18H37.C5H6.Na/c1-3-5-7-9-11-13-15-17-18-16-14-12-10-8-6-4-2;1-2-4-5-3-1;/h1,3-18H2,2H3;1-4H,5H2;/q-1;;+1. The Bertz CT molecular complexity index is 229. The van der Waals surface area contributed by atoms with Crippen LogP contribution in [-0.4, -0.2) is 0 Å². The molecule has 1 heteroatoms. The fourth-order valence-electron chi connectivity index (χ4n) is 2.94. The van der Waals surface area contributed by atoms with Crippen molar-refractivity contribution < 1.29 is 29.6 Å². The maximum atomic E-state index is 3.88. The summed E-state index contributed by atoms with van der Waals surface area (Å²) in [5.74, 6) is 0. The molecule has 136 valence electrons. The van der Waals surface area contributed by atoms with E-state index in [9.17, 15) is 0 Å². The van der Waals surface area contributed by atoms with Gasteiger partial charge in [0.25, 0.3) is 0 Å². The third-order valence-electron chi connectivity index (χ3n) is 4.51. The molecule has 0 saturated heterocycles. The van der Waals surface area contributed by atoms with E-state index in [1.807, 2.05) is 0 Å². The molecule has 1 aliphatic carbocycles. The summed E-state index contributed by atoms with van der Waals surface area (Å²) in [5.41, 5.74) is 0. The Labute approximate surface area is 176 Å². The minimum Gasteiger partial charge on any atom is -0.343 e. The Morgan fingerprint density at radius 1 is 0.583 bits per heavy atom. The molecule has 0 radical (unpaired) electrons. The van der Waals surface area contributed by atoms with Crippen molar-refractivity contribution in [2.75, 3.05) is 0 Å². The number of rotatable bonds is 15. The van der Waals surface area contributed by atoms with Crippen molar-refractivity contribution in [3.05, 3.63) is 31.2 Å². The van der Waals surface area contributed by atoms with Crippen LogP contribution in [0.5, 0.6) is 0 Å². The summed E-state index contributed by atoms with van der Waals surface area (Å²) in [6.07, 6.45) is 32.3. The predicted octanol–water partition coefficient (Wildman–Crippen LogP) is 5.59. The molecule has 1 rings (SSSR count). The Morgan fingerprint density at radius 2 is 0.917 bits per heavy atom. The predicted molar refractivity (Wildman–Crippen MR) is 108 cm³/mol. The van der Waals surface area contributed by atoms with Gasteiger partial charge in [-0.2, -0.15) is 6.42 Å². The minimum absolute atomic E-state index is 0. The number of hydrogen-bond acceptors (Lipinski definition) is 0. The number of allylic oxidation sites excluding steroid dienone is 4. The summed E-state index contributed by atoms with van der Waals surface area (Å²) in [5, 5.41) is 0. The number of hydrogen-bond donors (Lipinski definition) is 0. The monoisotopic (exact) mass is 342 g/mol. The van der Waals surface area contributed by atoms with Gasteiger partial charge in [0.1, 0.15) is 0 Å². The Morgan fingerprint density at radius 3 is 1.17 bits per heavy atom. The van der Waals surface area contributed by atoms with Crippen LogP contribution in [0.15, 0.2) is 24.3 Å². The molecule has 1 aliphatic rings. The van der Waals surface area contributed by atoms with E-state index in [4.69, 9.17) is 0 Å². The molecule has 0 aliphatic heterocycles. The van der Waals surface area contributed by atoms with Gasteiger partial charge in [-0.1, -0.05) is 128 Å². The third-order valence-corrected chi connectivity index (χ3v) is 4.51. The zero-order valence-corrected chi connectivity index (χ0v) is 19.0. The van der Waals surface area contributed by atoms with Gasteiger partial charge in [-0.05, 0) is 6.42 Å². The first-order valence-electron chi connectivity index (χ1n) is 10.5. The molecule has 0 spiro atoms. The summed E-state index contributed by atoms with van der Waals surface area (Å²) < 4.78 is 0. The van der Waals surface area contributed by atoms with Gasteiger partial charge < -0.3 is 6.92 Å². The van der Waals surface area contributed by atoms with Gasteiger partial charge in [-0.25, -0.2) is 0 Å². The van der Waals surface area contributed by atoms with E-state index in [-0.39, 0.29) is 29.6 Å². The van der Waals surface area contributed by atoms with Gasteiger partial charge >= 0.3 is 29.6 Å². The van der Waals surface area contributed by atoms with Crippen LogP contribution < -0.4 is 29.6 Å². The maximum Gasteiger partial charge on any atom is 1.00 e. The van der Waals surface area contributed by atoms with Crippen LogP contribution in [0.3, 0.4) is 0 Å². The first kappa shape index (κ1) is 26.7. The topological polar surface area (TPSA) is 0 Å². The van der Waals surface area contributed by atoms with Crippen molar-refractivity contribution >= 4 is 0 Å². The molecule has 0 nitrogen and oxygen atoms in total. The molecule has 0 N–H and O–H groups in total. The fraction of sp³-hybridized carbons (Fsp3) is 0.783. The van der Waals surface area contributed by atoms with Gasteiger partial charge in [-0.3, -0.25) is 0 Å². The average molecular weight is 343 g/mol. The van der Waals surface area contributed by atoms with E-state index < -0.39 is 0 Å². The van der Waals surface area contributed by atoms with Crippen molar-refractivity contribution in [3.8, 4) is 0 Å². The largest absolute Gasteiger partial charge is 1.00 e. The first-order valence-corrected chi connectivity index (χ1v) is 10.5. The smallest absolute Gasteiger partial charge is 0.343 e. The number of unbranched alkanes of at least 4 members (excludes halogenated alkanes) is 15. The van der Waals surface area contributed by atoms with Gasteiger partial charge in [0.2, 0.25) is 0 Å². The Balaban J connectivity index is 0. The van der Waals surface area contributed by atoms with Crippen molar-refractivity contribution in [3.63, 3.8) is 0 Å². The van der Waals surface area contributed by atoms with Gasteiger partial charge in [0, 0.05) is 0 Å². The van der Waals surface area contributed by atoms with Crippen molar-refractivity contribution in [2.45, 2.75) is 116 Å². The van der Waals surface area contributed by atoms with Crippen LogP contribution in [0.1, 0.15) is 116 Å². The van der Waals surface area contributed by atoms with Gasteiger partial charge in [0.15, 0.2) is 0 Å². The molecule has 0 saturated carbocycles. The van der Waals surface area contributed by atoms with Crippen LogP contribution in [0.2, 0.25) is 0 Å². The van der Waals surface area contributed by atoms with Crippen LogP contribution in [0.4, 0.5) is 0 Å². The fourth-order valence-corrected chi connectivity index (χ4v) is 2.94. The SMILES string of the molecule is C1=CCC=C1.[CH2-]CCCCCCCCCCCCCCCCC.[Na+]. The summed E-state index contributed by atoms with van der Waals surface area (Å²) in [6.45, 7) is 6.18. The normalized spacial score (nSPS) is 11.9. The molecule has 0 aromatic carbocycles. The maximum absolute atomic E-state index is 3.88. The van der Waals surface area contributed by atoms with Crippen LogP contribution >= 0.6 is 0 Å². The van der Waals surface area contributed by atoms with Crippen LogP contribution in [-0.2, 0) is 0 Å². The minimum atomic E-state index is 0. The van der Waals surface area contributed by atoms with Gasteiger partial charge in [-0.15, -0.1) is 0 Å². The first-order chi connectivity index (χ1) is 11.4. The van der Waals surface area contributed by atoms with Crippen LogP contribution in [0.25, 0.3) is 0 Å². The second-order valence-electron chi connectivity index (χ2n) is 6.90. The van der Waals surface area contributed by atoms with Crippen molar-refractivity contribution in [1.29, 1.82) is 0 Å². The molecule has 0 fully saturated rings. The van der Waals surface area contributed by atoms with E-state index in [1.54, 1.807) is 0 Å². The summed E-state index contributed by atoms with van der Waals surface area (Å²) in [4.78, 5) is 0. The molecule has 0 heterocycles. The summed E-state index contributed by atoms with van der Waals surface area (Å²) in [6, 6.07) is 0. The zero-order valence-electron chi connectivity index (χ0n) is 17.0. The molecule has 0 aromatic rings. The van der Waals surface area contributed by atoms with Crippen molar-refractivity contribution in [1.82, 2.24) is 0 Å². The second kappa shape index (κ2) is 25.7. The molecule has 0 bridgehead atoms. The Kier molecular flexibility index (Phi) is 28.6. The van der Waals surface area contributed by atoms with E-state index in [1.165, 1.54) is 96.3 Å².